The number of pyridine rings is 1. The summed E-state index contributed by atoms with van der Waals surface area (Å²) in [7, 11) is 0. The number of benzene rings is 1. The van der Waals surface area contributed by atoms with Crippen LogP contribution >= 0.6 is 0 Å². The van der Waals surface area contributed by atoms with Crippen LogP contribution in [0, 0.1) is 6.92 Å². The molecule has 4 heterocycles. The summed E-state index contributed by atoms with van der Waals surface area (Å²) >= 11 is 0. The maximum Gasteiger partial charge on any atom is 0.339 e. The van der Waals surface area contributed by atoms with Crippen LogP contribution in [0.25, 0.3) is 11.1 Å². The van der Waals surface area contributed by atoms with Crippen molar-refractivity contribution in [3.05, 3.63) is 77.6 Å². The molecule has 3 aromatic rings. The van der Waals surface area contributed by atoms with Gasteiger partial charge in [0.05, 0.1) is 17.7 Å². The predicted octanol–water partition coefficient (Wildman–Crippen LogP) is 3.85. The van der Waals surface area contributed by atoms with Crippen molar-refractivity contribution in [3.63, 3.8) is 0 Å². The molecule has 0 radical (unpaired) electrons. The van der Waals surface area contributed by atoms with Gasteiger partial charge in [-0.05, 0) is 43.5 Å². The number of carbonyl (C=O) groups is 2. The zero-order chi connectivity index (χ0) is 22.1. The number of rotatable bonds is 4. The number of carbonyl (C=O) groups excluding carboxylic acids is 2. The van der Waals surface area contributed by atoms with Crippen LogP contribution in [-0.2, 0) is 9.53 Å². The fourth-order valence-electron chi connectivity index (χ4n) is 4.61. The van der Waals surface area contributed by atoms with Crippen LogP contribution in [0.1, 0.15) is 58.7 Å². The molecule has 1 saturated heterocycles. The van der Waals surface area contributed by atoms with Crippen LogP contribution in [0.5, 0.6) is 0 Å². The molecule has 2 aliphatic rings. The number of aryl methyl sites for hydroxylation is 1. The van der Waals surface area contributed by atoms with Crippen molar-refractivity contribution in [2.75, 3.05) is 13.1 Å². The van der Waals surface area contributed by atoms with Gasteiger partial charge in [-0.1, -0.05) is 18.2 Å². The average molecular weight is 428 g/mol. The molecule has 1 fully saturated rings. The second kappa shape index (κ2) is 8.49. The van der Waals surface area contributed by atoms with Crippen molar-refractivity contribution >= 4 is 11.9 Å². The SMILES string of the molecule is Cc1ncc(-c2ccncc2)c(C2CCN(C(=O)CC3OC(=O)c4ccccc43)CC2)n1. The molecule has 0 saturated carbocycles. The van der Waals surface area contributed by atoms with E-state index < -0.39 is 6.10 Å². The van der Waals surface area contributed by atoms with E-state index in [1.165, 1.54) is 0 Å². The number of fused-ring (bicyclic) bond motifs is 1. The smallest absolute Gasteiger partial charge is 0.339 e. The third-order valence-electron chi connectivity index (χ3n) is 6.30. The topological polar surface area (TPSA) is 85.3 Å². The first-order valence-corrected chi connectivity index (χ1v) is 10.9. The number of cyclic esters (lactones) is 1. The maximum atomic E-state index is 13.0. The number of esters is 1. The van der Waals surface area contributed by atoms with Crippen molar-refractivity contribution < 1.29 is 14.3 Å². The van der Waals surface area contributed by atoms with Gasteiger partial charge in [0, 0.05) is 48.7 Å². The minimum Gasteiger partial charge on any atom is -0.453 e. The lowest BCUT2D eigenvalue weighted by molar-refractivity contribution is -0.134. The summed E-state index contributed by atoms with van der Waals surface area (Å²) < 4.78 is 5.45. The van der Waals surface area contributed by atoms with Crippen LogP contribution < -0.4 is 0 Å². The fourth-order valence-corrected chi connectivity index (χ4v) is 4.61. The van der Waals surface area contributed by atoms with E-state index in [1.54, 1.807) is 18.5 Å². The molecule has 1 atom stereocenters. The van der Waals surface area contributed by atoms with Gasteiger partial charge >= 0.3 is 5.97 Å². The van der Waals surface area contributed by atoms with Crippen LogP contribution in [-0.4, -0.2) is 44.8 Å². The van der Waals surface area contributed by atoms with Crippen molar-refractivity contribution in [1.82, 2.24) is 19.9 Å². The van der Waals surface area contributed by atoms with E-state index in [2.05, 4.69) is 9.97 Å². The lowest BCUT2D eigenvalue weighted by Crippen LogP contribution is -2.38. The Kier molecular flexibility index (Phi) is 5.39. The molecule has 7 nitrogen and oxygen atoms in total. The molecule has 0 bridgehead atoms. The van der Waals surface area contributed by atoms with E-state index in [4.69, 9.17) is 9.72 Å². The molecule has 2 aliphatic heterocycles. The molecule has 7 heteroatoms. The van der Waals surface area contributed by atoms with Gasteiger partial charge in [0.1, 0.15) is 11.9 Å². The van der Waals surface area contributed by atoms with Crippen LogP contribution in [0.15, 0.2) is 55.0 Å². The lowest BCUT2D eigenvalue weighted by Gasteiger charge is -2.33. The Morgan fingerprint density at radius 2 is 1.84 bits per heavy atom. The molecule has 5 rings (SSSR count). The van der Waals surface area contributed by atoms with Gasteiger partial charge in [0.25, 0.3) is 0 Å². The lowest BCUT2D eigenvalue weighted by atomic mass is 9.89. The zero-order valence-electron chi connectivity index (χ0n) is 17.9. The number of likely N-dealkylation sites (tertiary alicyclic amines) is 1. The minimum absolute atomic E-state index is 0.0196. The summed E-state index contributed by atoms with van der Waals surface area (Å²) in [5, 5.41) is 0. The van der Waals surface area contributed by atoms with Crippen molar-refractivity contribution in [1.29, 1.82) is 0 Å². The van der Waals surface area contributed by atoms with Crippen LogP contribution in [0.3, 0.4) is 0 Å². The summed E-state index contributed by atoms with van der Waals surface area (Å²) in [4.78, 5) is 40.2. The van der Waals surface area contributed by atoms with Crippen LogP contribution in [0.4, 0.5) is 0 Å². The van der Waals surface area contributed by atoms with Gasteiger partial charge < -0.3 is 9.64 Å². The highest BCUT2D eigenvalue weighted by Gasteiger charge is 2.34. The van der Waals surface area contributed by atoms with E-state index in [1.807, 2.05) is 48.4 Å². The highest BCUT2D eigenvalue weighted by Crippen LogP contribution is 2.36. The third-order valence-corrected chi connectivity index (χ3v) is 6.30. The van der Waals surface area contributed by atoms with E-state index >= 15 is 0 Å². The zero-order valence-corrected chi connectivity index (χ0v) is 17.9. The van der Waals surface area contributed by atoms with Gasteiger partial charge in [-0.25, -0.2) is 14.8 Å². The molecule has 1 amide bonds. The van der Waals surface area contributed by atoms with Gasteiger partial charge in [-0.2, -0.15) is 0 Å². The fraction of sp³-hybridized carbons (Fsp3) is 0.320. The summed E-state index contributed by atoms with van der Waals surface area (Å²) in [6.45, 7) is 3.22. The number of piperidine rings is 1. The third kappa shape index (κ3) is 3.86. The maximum absolute atomic E-state index is 13.0. The van der Waals surface area contributed by atoms with E-state index in [-0.39, 0.29) is 24.2 Å². The Bertz CT molecular complexity index is 1160. The second-order valence-electron chi connectivity index (χ2n) is 8.29. The molecular formula is C25H24N4O3. The molecular weight excluding hydrogens is 404 g/mol. The Hall–Kier alpha value is -3.61. The normalized spacial score (nSPS) is 18.3. The van der Waals surface area contributed by atoms with Crippen molar-refractivity contribution in [2.45, 2.75) is 38.2 Å². The first-order chi connectivity index (χ1) is 15.6. The predicted molar refractivity (Wildman–Crippen MR) is 118 cm³/mol. The molecule has 0 N–H and O–H groups in total. The standard InChI is InChI=1S/C25H24N4O3/c1-16-27-15-21(17-6-10-26-11-7-17)24(28-16)18-8-12-29(13-9-18)23(30)14-22-19-4-2-3-5-20(19)25(31)32-22/h2-7,10-11,15,18,22H,8-9,12-14H2,1H3. The molecule has 162 valence electrons. The number of amides is 1. The Morgan fingerprint density at radius 3 is 2.62 bits per heavy atom. The summed E-state index contributed by atoms with van der Waals surface area (Å²) in [6.07, 6.45) is 6.79. The first kappa shape index (κ1) is 20.3. The quantitative estimate of drug-likeness (QED) is 0.587. The monoisotopic (exact) mass is 428 g/mol. The van der Waals surface area contributed by atoms with Gasteiger partial charge in [0.2, 0.25) is 5.91 Å². The molecule has 1 aromatic carbocycles. The number of ether oxygens (including phenoxy) is 1. The largest absolute Gasteiger partial charge is 0.453 e. The Labute approximate surface area is 186 Å². The van der Waals surface area contributed by atoms with Crippen molar-refractivity contribution in [3.8, 4) is 11.1 Å². The highest BCUT2D eigenvalue weighted by molar-refractivity contribution is 5.94. The number of nitrogens with zero attached hydrogens (tertiary/aromatic N) is 4. The summed E-state index contributed by atoms with van der Waals surface area (Å²) in [6, 6.07) is 11.2. The number of aromatic nitrogens is 3. The first-order valence-electron chi connectivity index (χ1n) is 10.9. The van der Waals surface area contributed by atoms with E-state index in [9.17, 15) is 9.59 Å². The summed E-state index contributed by atoms with van der Waals surface area (Å²) in [5.41, 5.74) is 4.48. The van der Waals surface area contributed by atoms with E-state index in [0.717, 1.165) is 41.1 Å². The number of hydrogen-bond acceptors (Lipinski definition) is 6. The highest BCUT2D eigenvalue weighted by atomic mass is 16.5. The number of hydrogen-bond donors (Lipinski definition) is 0. The van der Waals surface area contributed by atoms with Gasteiger partial charge in [0.15, 0.2) is 0 Å². The van der Waals surface area contributed by atoms with Gasteiger partial charge in [-0.3, -0.25) is 9.78 Å². The average Bonchev–Trinajstić information content (AvgIpc) is 3.15. The summed E-state index contributed by atoms with van der Waals surface area (Å²) in [5.74, 6) is 0.679. The van der Waals surface area contributed by atoms with Gasteiger partial charge in [-0.15, -0.1) is 0 Å². The molecule has 2 aromatic heterocycles. The van der Waals surface area contributed by atoms with Crippen LogP contribution in [0.2, 0.25) is 0 Å². The molecule has 1 unspecified atom stereocenters. The van der Waals surface area contributed by atoms with E-state index in [0.29, 0.717) is 18.7 Å². The van der Waals surface area contributed by atoms with Crippen molar-refractivity contribution in [2.24, 2.45) is 0 Å². The molecule has 0 spiro atoms. The Balaban J connectivity index is 1.27. The minimum atomic E-state index is -0.494. The molecule has 32 heavy (non-hydrogen) atoms. The Morgan fingerprint density at radius 1 is 1.09 bits per heavy atom. The second-order valence-corrected chi connectivity index (χ2v) is 8.29. The molecule has 0 aliphatic carbocycles.